The Balaban J connectivity index is 0.00000312. The Bertz CT molecular complexity index is 757. The second kappa shape index (κ2) is 9.35. The van der Waals surface area contributed by atoms with Crippen LogP contribution in [0.1, 0.15) is 50.8 Å². The Morgan fingerprint density at radius 1 is 1.04 bits per heavy atom. The van der Waals surface area contributed by atoms with Gasteiger partial charge in [0, 0.05) is 23.7 Å². The Morgan fingerprint density at radius 2 is 1.68 bits per heavy atom. The van der Waals surface area contributed by atoms with Gasteiger partial charge >= 0.3 is 0 Å². The molecule has 0 spiro atoms. The summed E-state index contributed by atoms with van der Waals surface area (Å²) in [6.45, 7) is 6.36. The number of ketones is 1. The molecule has 0 saturated carbocycles. The van der Waals surface area contributed by atoms with Gasteiger partial charge < -0.3 is 11.1 Å². The third-order valence-electron chi connectivity index (χ3n) is 4.07. The first-order valence-corrected chi connectivity index (χ1v) is 8.15. The fourth-order valence-corrected chi connectivity index (χ4v) is 2.43. The number of aryl methyl sites for hydroxylation is 2. The number of rotatable bonds is 6. The summed E-state index contributed by atoms with van der Waals surface area (Å²) in [6, 6.07) is 12.5. The lowest BCUT2D eigenvalue weighted by atomic mass is 9.95. The van der Waals surface area contributed by atoms with E-state index in [1.165, 1.54) is 0 Å². The number of nitrogens with two attached hydrogens (primary N) is 1. The molecule has 0 aromatic heterocycles. The third kappa shape index (κ3) is 5.41. The smallest absolute Gasteiger partial charge is 0.252 e. The van der Waals surface area contributed by atoms with Crippen LogP contribution in [0.3, 0.4) is 0 Å². The van der Waals surface area contributed by atoms with Gasteiger partial charge in [0.25, 0.3) is 5.91 Å². The molecule has 0 heterocycles. The van der Waals surface area contributed by atoms with E-state index in [4.69, 9.17) is 5.73 Å². The molecule has 3 N–H and O–H groups in total. The molecule has 4 nitrogen and oxygen atoms in total. The van der Waals surface area contributed by atoms with Gasteiger partial charge in [0.1, 0.15) is 0 Å². The monoisotopic (exact) mass is 360 g/mol. The van der Waals surface area contributed by atoms with Gasteiger partial charge in [-0.05, 0) is 50.5 Å². The van der Waals surface area contributed by atoms with Gasteiger partial charge in [-0.25, -0.2) is 0 Å². The molecule has 2 aromatic carbocycles. The van der Waals surface area contributed by atoms with Crippen molar-refractivity contribution >= 4 is 24.1 Å². The molecule has 0 radical (unpaired) electrons. The highest BCUT2D eigenvalue weighted by Crippen LogP contribution is 2.17. The maximum Gasteiger partial charge on any atom is 0.252 e. The molecule has 25 heavy (non-hydrogen) atoms. The number of hydrogen-bond acceptors (Lipinski definition) is 3. The maximum absolute atomic E-state index is 12.8. The predicted molar refractivity (Wildman–Crippen MR) is 104 cm³/mol. The van der Waals surface area contributed by atoms with E-state index in [-0.39, 0.29) is 30.1 Å². The van der Waals surface area contributed by atoms with Crippen molar-refractivity contribution in [2.45, 2.75) is 33.2 Å². The predicted octanol–water partition coefficient (Wildman–Crippen LogP) is 3.42. The van der Waals surface area contributed by atoms with Crippen LogP contribution in [0, 0.1) is 13.8 Å². The van der Waals surface area contributed by atoms with Crippen LogP contribution in [0.25, 0.3) is 0 Å². The summed E-state index contributed by atoms with van der Waals surface area (Å²) in [5.41, 5.74) is 9.28. The Kier molecular flexibility index (Phi) is 7.81. The molecule has 5 heteroatoms. The van der Waals surface area contributed by atoms with E-state index in [0.717, 1.165) is 11.1 Å². The highest BCUT2D eigenvalue weighted by molar-refractivity contribution is 6.15. The molecule has 2 rings (SSSR count). The lowest BCUT2D eigenvalue weighted by Crippen LogP contribution is -2.30. The average Bonchev–Trinajstić information content (AvgIpc) is 2.56. The van der Waals surface area contributed by atoms with Crippen molar-refractivity contribution in [2.24, 2.45) is 5.73 Å². The van der Waals surface area contributed by atoms with Crippen LogP contribution in [0.5, 0.6) is 0 Å². The number of carbonyl (C=O) groups is 2. The third-order valence-corrected chi connectivity index (χ3v) is 4.07. The van der Waals surface area contributed by atoms with Crippen LogP contribution >= 0.6 is 12.4 Å². The first kappa shape index (κ1) is 20.9. The summed E-state index contributed by atoms with van der Waals surface area (Å²) in [4.78, 5) is 25.2. The quantitative estimate of drug-likeness (QED) is 0.775. The standard InChI is InChI=1S/C20H24N2O2.ClH/c1-13-8-9-16(12-14(13)2)19(23)17-6-4-5-7-18(17)20(24)22-11-10-15(3)21;/h4-9,12,15H,10-11,21H2,1-3H3,(H,22,24);1H. The van der Waals surface area contributed by atoms with Gasteiger partial charge in [-0.2, -0.15) is 0 Å². The van der Waals surface area contributed by atoms with Crippen molar-refractivity contribution < 1.29 is 9.59 Å². The van der Waals surface area contributed by atoms with Gasteiger partial charge in [-0.15, -0.1) is 12.4 Å². The summed E-state index contributed by atoms with van der Waals surface area (Å²) >= 11 is 0. The van der Waals surface area contributed by atoms with E-state index >= 15 is 0 Å². The average molecular weight is 361 g/mol. The largest absolute Gasteiger partial charge is 0.352 e. The molecule has 0 aliphatic rings. The first-order valence-electron chi connectivity index (χ1n) is 8.15. The van der Waals surface area contributed by atoms with Gasteiger partial charge in [0.05, 0.1) is 5.56 Å². The van der Waals surface area contributed by atoms with E-state index in [2.05, 4.69) is 5.32 Å². The van der Waals surface area contributed by atoms with Crippen molar-refractivity contribution in [3.8, 4) is 0 Å². The molecule has 0 fully saturated rings. The molecule has 1 atom stereocenters. The Labute approximate surface area is 155 Å². The summed E-state index contributed by atoms with van der Waals surface area (Å²) < 4.78 is 0. The lowest BCUT2D eigenvalue weighted by molar-refractivity contribution is 0.0941. The highest BCUT2D eigenvalue weighted by Gasteiger charge is 2.18. The Morgan fingerprint density at radius 3 is 2.28 bits per heavy atom. The summed E-state index contributed by atoms with van der Waals surface area (Å²) in [6.07, 6.45) is 0.693. The van der Waals surface area contributed by atoms with Gasteiger partial charge in [0.2, 0.25) is 0 Å². The Hall–Kier alpha value is -2.17. The van der Waals surface area contributed by atoms with Crippen molar-refractivity contribution in [2.75, 3.05) is 6.54 Å². The summed E-state index contributed by atoms with van der Waals surface area (Å²) in [5.74, 6) is -0.389. The van der Waals surface area contributed by atoms with Crippen LogP contribution in [0.2, 0.25) is 0 Å². The van der Waals surface area contributed by atoms with Gasteiger partial charge in [-0.3, -0.25) is 9.59 Å². The van der Waals surface area contributed by atoms with Crippen molar-refractivity contribution in [1.82, 2.24) is 5.32 Å². The maximum atomic E-state index is 12.8. The minimum absolute atomic E-state index is 0. The molecule has 0 aliphatic heterocycles. The minimum atomic E-state index is -0.247. The van der Waals surface area contributed by atoms with Gasteiger partial charge in [0.15, 0.2) is 5.78 Å². The normalized spacial score (nSPS) is 11.4. The number of amides is 1. The summed E-state index contributed by atoms with van der Waals surface area (Å²) in [5, 5.41) is 2.83. The topological polar surface area (TPSA) is 72.2 Å². The van der Waals surface area contributed by atoms with Crippen molar-refractivity contribution in [1.29, 1.82) is 0 Å². The van der Waals surface area contributed by atoms with Crippen LogP contribution in [-0.2, 0) is 0 Å². The second-order valence-corrected chi connectivity index (χ2v) is 6.20. The molecule has 1 amide bonds. The van der Waals surface area contributed by atoms with E-state index in [0.29, 0.717) is 29.7 Å². The van der Waals surface area contributed by atoms with Crippen molar-refractivity contribution in [3.63, 3.8) is 0 Å². The lowest BCUT2D eigenvalue weighted by Gasteiger charge is -2.11. The van der Waals surface area contributed by atoms with E-state index in [1.54, 1.807) is 30.3 Å². The van der Waals surface area contributed by atoms with Crippen LogP contribution in [-0.4, -0.2) is 24.3 Å². The van der Waals surface area contributed by atoms with Gasteiger partial charge in [-0.1, -0.05) is 30.3 Å². The fourth-order valence-electron chi connectivity index (χ4n) is 2.43. The second-order valence-electron chi connectivity index (χ2n) is 6.20. The zero-order valence-corrected chi connectivity index (χ0v) is 15.7. The number of halogens is 1. The number of benzene rings is 2. The molecule has 2 aromatic rings. The van der Waals surface area contributed by atoms with E-state index in [9.17, 15) is 9.59 Å². The number of carbonyl (C=O) groups excluding carboxylic acids is 2. The van der Waals surface area contributed by atoms with Crippen LogP contribution < -0.4 is 11.1 Å². The molecular formula is C20H25ClN2O2. The molecule has 1 unspecified atom stereocenters. The highest BCUT2D eigenvalue weighted by atomic mass is 35.5. The van der Waals surface area contributed by atoms with Crippen LogP contribution in [0.4, 0.5) is 0 Å². The van der Waals surface area contributed by atoms with E-state index in [1.807, 2.05) is 32.9 Å². The SMILES string of the molecule is Cc1ccc(C(=O)c2ccccc2C(=O)NCCC(C)N)cc1C.Cl. The zero-order valence-electron chi connectivity index (χ0n) is 14.8. The zero-order chi connectivity index (χ0) is 17.7. The number of nitrogens with one attached hydrogen (secondary N) is 1. The fraction of sp³-hybridized carbons (Fsp3) is 0.300. The molecule has 0 aliphatic carbocycles. The molecular weight excluding hydrogens is 336 g/mol. The van der Waals surface area contributed by atoms with Crippen molar-refractivity contribution in [3.05, 3.63) is 70.3 Å². The first-order chi connectivity index (χ1) is 11.4. The minimum Gasteiger partial charge on any atom is -0.352 e. The van der Waals surface area contributed by atoms with E-state index < -0.39 is 0 Å². The van der Waals surface area contributed by atoms with Crippen LogP contribution in [0.15, 0.2) is 42.5 Å². The molecule has 0 bridgehead atoms. The molecule has 134 valence electrons. The number of hydrogen-bond donors (Lipinski definition) is 2. The summed E-state index contributed by atoms with van der Waals surface area (Å²) in [7, 11) is 0. The molecule has 0 saturated heterocycles.